The molecule has 0 radical (unpaired) electrons. The van der Waals surface area contributed by atoms with E-state index in [1.165, 1.54) is 16.8 Å². The van der Waals surface area contributed by atoms with Gasteiger partial charge in [-0.3, -0.25) is 0 Å². The molecule has 1 saturated heterocycles. The fraction of sp³-hybridized carbons (Fsp3) is 0.318. The molecule has 2 aromatic rings. The van der Waals surface area contributed by atoms with Crippen molar-refractivity contribution in [2.45, 2.75) is 20.8 Å². The lowest BCUT2D eigenvalue weighted by atomic mass is 10.1. The summed E-state index contributed by atoms with van der Waals surface area (Å²) in [5.41, 5.74) is 5.30. The van der Waals surface area contributed by atoms with E-state index in [2.05, 4.69) is 46.2 Å². The van der Waals surface area contributed by atoms with Crippen molar-refractivity contribution in [3.8, 4) is 0 Å². The summed E-state index contributed by atoms with van der Waals surface area (Å²) in [5, 5.41) is 0. The van der Waals surface area contributed by atoms with Crippen LogP contribution in [-0.2, 0) is 10.0 Å². The summed E-state index contributed by atoms with van der Waals surface area (Å²) < 4.78 is 29.6. The van der Waals surface area contributed by atoms with Gasteiger partial charge in [0, 0.05) is 37.4 Å². The van der Waals surface area contributed by atoms with E-state index in [9.17, 15) is 8.42 Å². The lowest BCUT2D eigenvalue weighted by molar-refractivity contribution is 0.386. The Morgan fingerprint density at radius 3 is 2.14 bits per heavy atom. The molecule has 0 bridgehead atoms. The number of rotatable bonds is 2. The molecule has 0 aliphatic carbocycles. The van der Waals surface area contributed by atoms with Crippen LogP contribution in [0, 0.1) is 13.8 Å². The molecule has 146 valence electrons. The highest BCUT2D eigenvalue weighted by Gasteiger charge is 2.34. The maximum Gasteiger partial charge on any atom is 0.285 e. The van der Waals surface area contributed by atoms with Crippen molar-refractivity contribution in [1.82, 2.24) is 4.90 Å². The lowest BCUT2D eigenvalue weighted by Gasteiger charge is -2.38. The first-order chi connectivity index (χ1) is 13.4. The zero-order chi connectivity index (χ0) is 19.9. The van der Waals surface area contributed by atoms with E-state index in [0.717, 1.165) is 31.8 Å². The Labute approximate surface area is 167 Å². The highest BCUT2D eigenvalue weighted by molar-refractivity contribution is 8.00. The SMILES string of the molecule is CC1=C(c2ccccc2)S(=O)(=O)N=C1N1CCN(c2cccc(C)c2C)CC1. The van der Waals surface area contributed by atoms with Crippen LogP contribution in [0.3, 0.4) is 0 Å². The van der Waals surface area contributed by atoms with Crippen LogP contribution in [-0.4, -0.2) is 45.3 Å². The number of piperazine rings is 1. The van der Waals surface area contributed by atoms with Gasteiger partial charge in [0.25, 0.3) is 10.0 Å². The number of sulfonamides is 1. The van der Waals surface area contributed by atoms with Crippen molar-refractivity contribution in [3.63, 3.8) is 0 Å². The smallest absolute Gasteiger partial charge is 0.285 e. The van der Waals surface area contributed by atoms with Crippen LogP contribution in [0.5, 0.6) is 0 Å². The highest BCUT2D eigenvalue weighted by atomic mass is 32.2. The molecule has 0 spiro atoms. The summed E-state index contributed by atoms with van der Waals surface area (Å²) in [6.45, 7) is 9.34. The number of hydrogen-bond donors (Lipinski definition) is 0. The minimum atomic E-state index is -3.65. The average molecular weight is 396 g/mol. The Balaban J connectivity index is 1.57. The van der Waals surface area contributed by atoms with Gasteiger partial charge in [-0.2, -0.15) is 8.42 Å². The van der Waals surface area contributed by atoms with Gasteiger partial charge in [-0.05, 0) is 43.5 Å². The number of aryl methyl sites for hydroxylation is 1. The van der Waals surface area contributed by atoms with E-state index in [0.29, 0.717) is 16.3 Å². The van der Waals surface area contributed by atoms with E-state index in [1.54, 1.807) is 0 Å². The predicted molar refractivity (Wildman–Crippen MR) is 115 cm³/mol. The molecule has 2 aliphatic rings. The minimum absolute atomic E-state index is 0.333. The highest BCUT2D eigenvalue weighted by Crippen LogP contribution is 2.34. The molecule has 0 N–H and O–H groups in total. The van der Waals surface area contributed by atoms with Gasteiger partial charge in [0.2, 0.25) is 0 Å². The third kappa shape index (κ3) is 3.22. The number of nitrogens with zero attached hydrogens (tertiary/aromatic N) is 3. The third-order valence-electron chi connectivity index (χ3n) is 5.67. The summed E-state index contributed by atoms with van der Waals surface area (Å²) in [7, 11) is -3.65. The van der Waals surface area contributed by atoms with Crippen LogP contribution in [0.4, 0.5) is 5.69 Å². The van der Waals surface area contributed by atoms with Gasteiger partial charge in [0.05, 0.1) is 0 Å². The molecule has 2 heterocycles. The van der Waals surface area contributed by atoms with Gasteiger partial charge in [-0.25, -0.2) is 0 Å². The molecule has 2 aromatic carbocycles. The summed E-state index contributed by atoms with van der Waals surface area (Å²) >= 11 is 0. The molecule has 2 aliphatic heterocycles. The average Bonchev–Trinajstić information content (AvgIpc) is 2.94. The van der Waals surface area contributed by atoms with Gasteiger partial charge >= 0.3 is 0 Å². The summed E-state index contributed by atoms with van der Waals surface area (Å²) in [6, 6.07) is 15.6. The summed E-state index contributed by atoms with van der Waals surface area (Å²) in [6.07, 6.45) is 0. The van der Waals surface area contributed by atoms with Gasteiger partial charge in [-0.15, -0.1) is 4.40 Å². The van der Waals surface area contributed by atoms with Crippen LogP contribution in [0.15, 0.2) is 58.5 Å². The minimum Gasteiger partial charge on any atom is -0.368 e. The van der Waals surface area contributed by atoms with Crippen LogP contribution in [0.1, 0.15) is 23.6 Å². The fourth-order valence-electron chi connectivity index (χ4n) is 4.01. The summed E-state index contributed by atoms with van der Waals surface area (Å²) in [5.74, 6) is 0.597. The monoisotopic (exact) mass is 395 g/mol. The molecule has 4 rings (SSSR count). The fourth-order valence-corrected chi connectivity index (χ4v) is 5.49. The van der Waals surface area contributed by atoms with E-state index < -0.39 is 10.0 Å². The predicted octanol–water partition coefficient (Wildman–Crippen LogP) is 3.60. The molecule has 5 nitrogen and oxygen atoms in total. The maximum absolute atomic E-state index is 12.7. The zero-order valence-electron chi connectivity index (χ0n) is 16.5. The van der Waals surface area contributed by atoms with Crippen LogP contribution < -0.4 is 4.90 Å². The first-order valence-electron chi connectivity index (χ1n) is 9.56. The molecular weight excluding hydrogens is 370 g/mol. The topological polar surface area (TPSA) is 53.0 Å². The van der Waals surface area contributed by atoms with Crippen molar-refractivity contribution < 1.29 is 8.42 Å². The number of anilines is 1. The van der Waals surface area contributed by atoms with Crippen molar-refractivity contribution in [1.29, 1.82) is 0 Å². The Bertz CT molecular complexity index is 1060. The Morgan fingerprint density at radius 1 is 0.821 bits per heavy atom. The van der Waals surface area contributed by atoms with Gasteiger partial charge in [0.1, 0.15) is 10.7 Å². The molecular formula is C22H25N3O2S. The molecule has 6 heteroatoms. The molecule has 28 heavy (non-hydrogen) atoms. The second kappa shape index (κ2) is 7.09. The van der Waals surface area contributed by atoms with Crippen molar-refractivity contribution in [3.05, 3.63) is 70.8 Å². The number of amidine groups is 1. The first-order valence-corrected chi connectivity index (χ1v) is 11.0. The van der Waals surface area contributed by atoms with Crippen LogP contribution in [0.25, 0.3) is 4.91 Å². The zero-order valence-corrected chi connectivity index (χ0v) is 17.3. The second-order valence-corrected chi connectivity index (χ2v) is 8.94. The Morgan fingerprint density at radius 2 is 1.46 bits per heavy atom. The largest absolute Gasteiger partial charge is 0.368 e. The quantitative estimate of drug-likeness (QED) is 0.780. The molecule has 0 unspecified atom stereocenters. The molecule has 1 fully saturated rings. The molecule has 0 atom stereocenters. The van der Waals surface area contributed by atoms with E-state index in [1.807, 2.05) is 37.3 Å². The number of hydrogen-bond acceptors (Lipinski definition) is 4. The Hall–Kier alpha value is -2.60. The Kier molecular flexibility index (Phi) is 4.75. The van der Waals surface area contributed by atoms with Gasteiger partial charge in [-0.1, -0.05) is 42.5 Å². The van der Waals surface area contributed by atoms with E-state index >= 15 is 0 Å². The maximum atomic E-state index is 12.7. The summed E-state index contributed by atoms with van der Waals surface area (Å²) in [4.78, 5) is 4.81. The normalized spacial score (nSPS) is 19.2. The third-order valence-corrected chi connectivity index (χ3v) is 7.14. The van der Waals surface area contributed by atoms with E-state index in [4.69, 9.17) is 0 Å². The van der Waals surface area contributed by atoms with Crippen LogP contribution in [0.2, 0.25) is 0 Å². The standard InChI is InChI=1S/C22H25N3O2S/c1-16-8-7-11-20(17(16)2)24-12-14-25(15-13-24)22-18(3)21(28(26,27)23-22)19-9-5-4-6-10-19/h4-11H,12-15H2,1-3H3. The number of benzene rings is 2. The van der Waals surface area contributed by atoms with Crippen molar-refractivity contribution >= 4 is 26.5 Å². The lowest BCUT2D eigenvalue weighted by Crippen LogP contribution is -2.49. The second-order valence-electron chi connectivity index (χ2n) is 7.40. The van der Waals surface area contributed by atoms with Crippen molar-refractivity contribution in [2.24, 2.45) is 4.40 Å². The van der Waals surface area contributed by atoms with Crippen molar-refractivity contribution in [2.75, 3.05) is 31.1 Å². The first kappa shape index (κ1) is 18.7. The van der Waals surface area contributed by atoms with Gasteiger partial charge < -0.3 is 9.80 Å². The van der Waals surface area contributed by atoms with Crippen LogP contribution >= 0.6 is 0 Å². The van der Waals surface area contributed by atoms with Gasteiger partial charge in [0.15, 0.2) is 0 Å². The van der Waals surface area contributed by atoms with E-state index in [-0.39, 0.29) is 0 Å². The molecule has 0 aromatic heterocycles. The molecule has 0 amide bonds. The molecule has 0 saturated carbocycles.